The maximum Gasteiger partial charge on any atom is 0.125 e. The molecule has 0 spiro atoms. The minimum atomic E-state index is -0.485. The Morgan fingerprint density at radius 3 is 2.32 bits per heavy atom. The molecule has 0 amide bonds. The van der Waals surface area contributed by atoms with Gasteiger partial charge in [0.2, 0.25) is 0 Å². The van der Waals surface area contributed by atoms with Crippen LogP contribution in [0.4, 0.5) is 0 Å². The van der Waals surface area contributed by atoms with Crippen LogP contribution < -0.4 is 4.74 Å². The predicted molar refractivity (Wildman–Crippen MR) is 91.1 cm³/mol. The van der Waals surface area contributed by atoms with E-state index in [1.54, 1.807) is 0 Å². The van der Waals surface area contributed by atoms with Crippen molar-refractivity contribution in [3.05, 3.63) is 29.3 Å². The van der Waals surface area contributed by atoms with E-state index in [1.165, 1.54) is 0 Å². The number of rotatable bonds is 5. The van der Waals surface area contributed by atoms with Gasteiger partial charge in [-0.2, -0.15) is 0 Å². The lowest BCUT2D eigenvalue weighted by Gasteiger charge is -2.36. The summed E-state index contributed by atoms with van der Waals surface area (Å²) in [5.41, 5.74) is 2.21. The van der Waals surface area contributed by atoms with E-state index in [4.69, 9.17) is 9.47 Å². The molecule has 1 aromatic rings. The quantitative estimate of drug-likeness (QED) is 0.901. The van der Waals surface area contributed by atoms with E-state index in [-0.39, 0.29) is 24.6 Å². The SMILES string of the molecule is Cc1cccc(C)c1OCC(O)CN1CC(C)OC(C)C1.Cl. The van der Waals surface area contributed by atoms with Crippen LogP contribution in [0.5, 0.6) is 5.75 Å². The first kappa shape index (κ1) is 19.2. The summed E-state index contributed by atoms with van der Waals surface area (Å²) in [6.45, 7) is 10.9. The van der Waals surface area contributed by atoms with Gasteiger partial charge in [0.1, 0.15) is 18.5 Å². The number of aliphatic hydroxyl groups excluding tert-OH is 1. The first-order chi connectivity index (χ1) is 9.95. The molecule has 1 saturated heterocycles. The van der Waals surface area contributed by atoms with Crippen LogP contribution in [0.3, 0.4) is 0 Å². The van der Waals surface area contributed by atoms with Crippen LogP contribution in [0.2, 0.25) is 0 Å². The molecular formula is C17H28ClNO3. The highest BCUT2D eigenvalue weighted by Gasteiger charge is 2.24. The summed E-state index contributed by atoms with van der Waals surface area (Å²) in [5, 5.41) is 10.2. The van der Waals surface area contributed by atoms with Gasteiger partial charge in [-0.15, -0.1) is 12.4 Å². The van der Waals surface area contributed by atoms with Crippen LogP contribution in [0.1, 0.15) is 25.0 Å². The highest BCUT2D eigenvalue weighted by molar-refractivity contribution is 5.85. The van der Waals surface area contributed by atoms with Gasteiger partial charge < -0.3 is 14.6 Å². The second-order valence-corrected chi connectivity index (χ2v) is 6.16. The lowest BCUT2D eigenvalue weighted by molar-refractivity contribution is -0.0787. The molecule has 1 N–H and O–H groups in total. The van der Waals surface area contributed by atoms with Crippen molar-refractivity contribution in [1.29, 1.82) is 0 Å². The molecule has 0 saturated carbocycles. The molecule has 5 heteroatoms. The maximum absolute atomic E-state index is 10.2. The number of benzene rings is 1. The van der Waals surface area contributed by atoms with E-state index in [0.29, 0.717) is 13.2 Å². The number of aryl methyl sites for hydroxylation is 2. The number of para-hydroxylation sites is 1. The van der Waals surface area contributed by atoms with Gasteiger partial charge in [-0.25, -0.2) is 0 Å². The molecule has 3 atom stereocenters. The predicted octanol–water partition coefficient (Wildman–Crippen LogP) is 2.57. The second-order valence-electron chi connectivity index (χ2n) is 6.16. The van der Waals surface area contributed by atoms with Gasteiger partial charge in [-0.3, -0.25) is 4.90 Å². The molecule has 1 aromatic carbocycles. The molecule has 0 aromatic heterocycles. The summed E-state index contributed by atoms with van der Waals surface area (Å²) in [7, 11) is 0. The zero-order chi connectivity index (χ0) is 15.4. The molecule has 0 aliphatic carbocycles. The lowest BCUT2D eigenvalue weighted by atomic mass is 10.1. The molecule has 0 radical (unpaired) electrons. The van der Waals surface area contributed by atoms with Gasteiger partial charge in [0.05, 0.1) is 12.2 Å². The molecular weight excluding hydrogens is 302 g/mol. The molecule has 1 heterocycles. The third kappa shape index (κ3) is 5.43. The van der Waals surface area contributed by atoms with Gasteiger partial charge in [0.25, 0.3) is 0 Å². The Hall–Kier alpha value is -0.810. The fraction of sp³-hybridized carbons (Fsp3) is 0.647. The Labute approximate surface area is 139 Å². The van der Waals surface area contributed by atoms with Crippen LogP contribution in [0.15, 0.2) is 18.2 Å². The molecule has 0 bridgehead atoms. The van der Waals surface area contributed by atoms with Crippen molar-refractivity contribution in [2.75, 3.05) is 26.2 Å². The topological polar surface area (TPSA) is 41.9 Å². The Morgan fingerprint density at radius 1 is 1.23 bits per heavy atom. The summed E-state index contributed by atoms with van der Waals surface area (Å²) in [6.07, 6.45) is -0.0394. The monoisotopic (exact) mass is 329 g/mol. The molecule has 3 unspecified atom stereocenters. The van der Waals surface area contributed by atoms with Crippen molar-refractivity contribution in [1.82, 2.24) is 4.90 Å². The van der Waals surface area contributed by atoms with Crippen LogP contribution in [-0.4, -0.2) is 54.6 Å². The van der Waals surface area contributed by atoms with E-state index in [0.717, 1.165) is 30.0 Å². The summed E-state index contributed by atoms with van der Waals surface area (Å²) in [4.78, 5) is 2.25. The maximum atomic E-state index is 10.2. The second kappa shape index (κ2) is 8.73. The van der Waals surface area contributed by atoms with Crippen molar-refractivity contribution in [3.63, 3.8) is 0 Å². The number of morpholine rings is 1. The van der Waals surface area contributed by atoms with Gasteiger partial charge in [0, 0.05) is 19.6 Å². The Bertz CT molecular complexity index is 439. The largest absolute Gasteiger partial charge is 0.490 e. The molecule has 1 aliphatic heterocycles. The van der Waals surface area contributed by atoms with Gasteiger partial charge in [-0.05, 0) is 38.8 Å². The summed E-state index contributed by atoms with van der Waals surface area (Å²) in [5.74, 6) is 0.889. The van der Waals surface area contributed by atoms with E-state index in [1.807, 2.05) is 32.0 Å². The number of halogens is 1. The van der Waals surface area contributed by atoms with Gasteiger partial charge >= 0.3 is 0 Å². The zero-order valence-electron chi connectivity index (χ0n) is 13.9. The minimum Gasteiger partial charge on any atom is -0.490 e. The van der Waals surface area contributed by atoms with Crippen molar-refractivity contribution in [2.45, 2.75) is 46.0 Å². The number of ether oxygens (including phenoxy) is 2. The normalized spacial score (nSPS) is 23.7. The van der Waals surface area contributed by atoms with Gasteiger partial charge in [0.15, 0.2) is 0 Å². The summed E-state index contributed by atoms with van der Waals surface area (Å²) < 4.78 is 11.5. The first-order valence-electron chi connectivity index (χ1n) is 7.70. The summed E-state index contributed by atoms with van der Waals surface area (Å²) >= 11 is 0. The van der Waals surface area contributed by atoms with Gasteiger partial charge in [-0.1, -0.05) is 18.2 Å². The molecule has 1 aliphatic rings. The number of nitrogens with zero attached hydrogens (tertiary/aromatic N) is 1. The number of β-amino-alcohol motifs (C(OH)–C–C–N with tert-alkyl or cyclic N) is 1. The molecule has 4 nitrogen and oxygen atoms in total. The van der Waals surface area contributed by atoms with Crippen molar-refractivity contribution in [2.24, 2.45) is 0 Å². The standard InChI is InChI=1S/C17H27NO3.ClH/c1-12-6-5-7-13(2)17(12)20-11-16(19)10-18-8-14(3)21-15(4)9-18;/h5-7,14-16,19H,8-11H2,1-4H3;1H. The Morgan fingerprint density at radius 2 is 1.77 bits per heavy atom. The van der Waals surface area contributed by atoms with E-state index >= 15 is 0 Å². The number of aliphatic hydroxyl groups is 1. The molecule has 1 fully saturated rings. The minimum absolute atomic E-state index is 0. The summed E-state index contributed by atoms with van der Waals surface area (Å²) in [6, 6.07) is 6.07. The van der Waals surface area contributed by atoms with Crippen molar-refractivity contribution in [3.8, 4) is 5.75 Å². The third-order valence-electron chi connectivity index (χ3n) is 3.79. The van der Waals surface area contributed by atoms with Crippen molar-refractivity contribution < 1.29 is 14.6 Å². The van der Waals surface area contributed by atoms with Crippen LogP contribution >= 0.6 is 12.4 Å². The fourth-order valence-electron chi connectivity index (χ4n) is 2.99. The van der Waals surface area contributed by atoms with E-state index in [2.05, 4.69) is 18.7 Å². The molecule has 22 heavy (non-hydrogen) atoms. The lowest BCUT2D eigenvalue weighted by Crippen LogP contribution is -2.48. The Kier molecular flexibility index (Phi) is 7.63. The zero-order valence-corrected chi connectivity index (χ0v) is 14.7. The Balaban J connectivity index is 0.00000242. The smallest absolute Gasteiger partial charge is 0.125 e. The van der Waals surface area contributed by atoms with Crippen molar-refractivity contribution >= 4 is 12.4 Å². The van der Waals surface area contributed by atoms with E-state index < -0.39 is 6.10 Å². The molecule has 126 valence electrons. The average Bonchev–Trinajstić information content (AvgIpc) is 2.36. The van der Waals surface area contributed by atoms with E-state index in [9.17, 15) is 5.11 Å². The number of hydrogen-bond donors (Lipinski definition) is 1. The average molecular weight is 330 g/mol. The fourth-order valence-corrected chi connectivity index (χ4v) is 2.99. The third-order valence-corrected chi connectivity index (χ3v) is 3.79. The first-order valence-corrected chi connectivity index (χ1v) is 7.70. The molecule has 2 rings (SSSR count). The van der Waals surface area contributed by atoms with Crippen LogP contribution in [-0.2, 0) is 4.74 Å². The van der Waals surface area contributed by atoms with Crippen LogP contribution in [0, 0.1) is 13.8 Å². The highest BCUT2D eigenvalue weighted by Crippen LogP contribution is 2.22. The highest BCUT2D eigenvalue weighted by atomic mass is 35.5. The number of hydrogen-bond acceptors (Lipinski definition) is 4. The van der Waals surface area contributed by atoms with Crippen LogP contribution in [0.25, 0.3) is 0 Å².